The predicted octanol–water partition coefficient (Wildman–Crippen LogP) is 2.09. The van der Waals surface area contributed by atoms with Gasteiger partial charge in [-0.2, -0.15) is 0 Å². The quantitative estimate of drug-likeness (QED) is 0.881. The molecule has 0 aliphatic carbocycles. The summed E-state index contributed by atoms with van der Waals surface area (Å²) in [4.78, 5) is 26.2. The van der Waals surface area contributed by atoms with Gasteiger partial charge in [-0.3, -0.25) is 9.59 Å². The maximum atomic E-state index is 13.5. The van der Waals surface area contributed by atoms with Gasteiger partial charge in [0.25, 0.3) is 0 Å². The molecular formula is C18H22ClNO5. The van der Waals surface area contributed by atoms with E-state index in [9.17, 15) is 9.59 Å². The third-order valence-corrected chi connectivity index (χ3v) is 5.30. The number of benzene rings is 1. The number of halogens is 1. The summed E-state index contributed by atoms with van der Waals surface area (Å²) in [6.07, 6.45) is 0.553. The van der Waals surface area contributed by atoms with E-state index in [1.165, 1.54) is 0 Å². The molecule has 2 aliphatic rings. The second kappa shape index (κ2) is 7.72. The van der Waals surface area contributed by atoms with E-state index >= 15 is 0 Å². The summed E-state index contributed by atoms with van der Waals surface area (Å²) in [5.74, 6) is -0.936. The van der Waals surface area contributed by atoms with Gasteiger partial charge < -0.3 is 19.5 Å². The SMILES string of the molecule is O=C(O)CC1CN(C(=O)C2(c3ccccc3Cl)CCOCC2)CCO1. The zero-order valence-corrected chi connectivity index (χ0v) is 14.7. The lowest BCUT2D eigenvalue weighted by molar-refractivity contribution is -0.153. The summed E-state index contributed by atoms with van der Waals surface area (Å²) in [6, 6.07) is 7.44. The van der Waals surface area contributed by atoms with Crippen LogP contribution in [-0.4, -0.2) is 60.9 Å². The summed E-state index contributed by atoms with van der Waals surface area (Å²) >= 11 is 6.41. The summed E-state index contributed by atoms with van der Waals surface area (Å²) in [5.41, 5.74) is 0.105. The minimum Gasteiger partial charge on any atom is -0.481 e. The van der Waals surface area contributed by atoms with Crippen LogP contribution in [0.15, 0.2) is 24.3 Å². The van der Waals surface area contributed by atoms with Crippen LogP contribution in [0.2, 0.25) is 5.02 Å². The van der Waals surface area contributed by atoms with Gasteiger partial charge in [-0.15, -0.1) is 0 Å². The Kier molecular flexibility index (Phi) is 5.61. The zero-order chi connectivity index (χ0) is 17.9. The van der Waals surface area contributed by atoms with Gasteiger partial charge in [-0.05, 0) is 24.5 Å². The number of hydrogen-bond acceptors (Lipinski definition) is 4. The Labute approximate surface area is 151 Å². The maximum Gasteiger partial charge on any atom is 0.306 e. The summed E-state index contributed by atoms with van der Waals surface area (Å²) in [5, 5.41) is 9.56. The first-order valence-corrected chi connectivity index (χ1v) is 8.86. The lowest BCUT2D eigenvalue weighted by Gasteiger charge is -2.42. The molecule has 0 saturated carbocycles. The van der Waals surface area contributed by atoms with E-state index in [4.69, 9.17) is 26.2 Å². The Bertz CT molecular complexity index is 644. The van der Waals surface area contributed by atoms with Crippen LogP contribution in [0, 0.1) is 0 Å². The molecule has 2 aliphatic heterocycles. The average Bonchev–Trinajstić information content (AvgIpc) is 2.62. The molecular weight excluding hydrogens is 346 g/mol. The highest BCUT2D eigenvalue weighted by Gasteiger charge is 2.46. The van der Waals surface area contributed by atoms with Gasteiger partial charge in [0, 0.05) is 31.3 Å². The minimum absolute atomic E-state index is 0.0115. The van der Waals surface area contributed by atoms with Gasteiger partial charge in [0.1, 0.15) is 0 Å². The van der Waals surface area contributed by atoms with E-state index in [-0.39, 0.29) is 18.9 Å². The molecule has 1 aromatic carbocycles. The number of nitrogens with zero attached hydrogens (tertiary/aromatic N) is 1. The molecule has 2 heterocycles. The minimum atomic E-state index is -0.925. The van der Waals surface area contributed by atoms with Gasteiger partial charge in [0.05, 0.1) is 24.5 Å². The van der Waals surface area contributed by atoms with Crippen molar-refractivity contribution in [1.29, 1.82) is 0 Å². The third kappa shape index (κ3) is 3.81. The summed E-state index contributed by atoms with van der Waals surface area (Å²) in [6.45, 7) is 2.10. The van der Waals surface area contributed by atoms with E-state index in [1.807, 2.05) is 18.2 Å². The second-order valence-corrected chi connectivity index (χ2v) is 6.92. The molecule has 6 nitrogen and oxygen atoms in total. The zero-order valence-electron chi connectivity index (χ0n) is 13.9. The lowest BCUT2D eigenvalue weighted by atomic mass is 9.72. The van der Waals surface area contributed by atoms with Crippen molar-refractivity contribution in [3.63, 3.8) is 0 Å². The van der Waals surface area contributed by atoms with Crippen LogP contribution in [-0.2, 0) is 24.5 Å². The number of carboxylic acids is 1. The van der Waals surface area contributed by atoms with Gasteiger partial charge in [-0.25, -0.2) is 0 Å². The molecule has 1 atom stereocenters. The Morgan fingerprint density at radius 3 is 2.64 bits per heavy atom. The molecule has 7 heteroatoms. The first-order chi connectivity index (χ1) is 12.0. The number of amides is 1. The van der Waals surface area contributed by atoms with Crippen molar-refractivity contribution in [3.8, 4) is 0 Å². The highest BCUT2D eigenvalue weighted by atomic mass is 35.5. The molecule has 25 heavy (non-hydrogen) atoms. The van der Waals surface area contributed by atoms with Crippen LogP contribution in [0.3, 0.4) is 0 Å². The van der Waals surface area contributed by atoms with Crippen molar-refractivity contribution in [1.82, 2.24) is 4.90 Å². The summed E-state index contributed by atoms with van der Waals surface area (Å²) in [7, 11) is 0. The van der Waals surface area contributed by atoms with E-state index in [2.05, 4.69) is 0 Å². The molecule has 1 unspecified atom stereocenters. The molecule has 0 spiro atoms. The molecule has 0 aromatic heterocycles. The first kappa shape index (κ1) is 18.2. The Hall–Kier alpha value is -1.63. The van der Waals surface area contributed by atoms with Gasteiger partial charge in [-0.1, -0.05) is 29.8 Å². The maximum absolute atomic E-state index is 13.5. The van der Waals surface area contributed by atoms with Gasteiger partial charge in [0.2, 0.25) is 5.91 Å². The predicted molar refractivity (Wildman–Crippen MR) is 91.8 cm³/mol. The first-order valence-electron chi connectivity index (χ1n) is 8.48. The largest absolute Gasteiger partial charge is 0.481 e. The van der Waals surface area contributed by atoms with Crippen molar-refractivity contribution in [2.24, 2.45) is 0 Å². The third-order valence-electron chi connectivity index (χ3n) is 4.97. The number of carbonyl (C=O) groups excluding carboxylic acids is 1. The molecule has 1 amide bonds. The number of carbonyl (C=O) groups is 2. The molecule has 1 aromatic rings. The van der Waals surface area contributed by atoms with Crippen molar-refractivity contribution in [2.75, 3.05) is 32.9 Å². The molecule has 136 valence electrons. The number of ether oxygens (including phenoxy) is 2. The van der Waals surface area contributed by atoms with Crippen molar-refractivity contribution < 1.29 is 24.2 Å². The van der Waals surface area contributed by atoms with E-state index in [0.29, 0.717) is 44.2 Å². The fraction of sp³-hybridized carbons (Fsp3) is 0.556. The van der Waals surface area contributed by atoms with Gasteiger partial charge in [0.15, 0.2) is 0 Å². The van der Waals surface area contributed by atoms with Gasteiger partial charge >= 0.3 is 5.97 Å². The van der Waals surface area contributed by atoms with Crippen LogP contribution in [0.5, 0.6) is 0 Å². The second-order valence-electron chi connectivity index (χ2n) is 6.52. The Morgan fingerprint density at radius 1 is 1.24 bits per heavy atom. The highest BCUT2D eigenvalue weighted by Crippen LogP contribution is 2.40. The van der Waals surface area contributed by atoms with E-state index in [0.717, 1.165) is 5.56 Å². The van der Waals surface area contributed by atoms with Crippen LogP contribution in [0.1, 0.15) is 24.8 Å². The standard InChI is InChI=1S/C18H22ClNO5/c19-15-4-2-1-3-14(15)18(5-8-24-9-6-18)17(23)20-7-10-25-13(12-20)11-16(21)22/h1-4,13H,5-12H2,(H,21,22). The molecule has 1 N–H and O–H groups in total. The fourth-order valence-corrected chi connectivity index (χ4v) is 4.01. The number of carboxylic acid groups (broad SMARTS) is 1. The molecule has 2 saturated heterocycles. The lowest BCUT2D eigenvalue weighted by Crippen LogP contribution is -2.55. The Balaban J connectivity index is 1.87. The van der Waals surface area contributed by atoms with Crippen molar-refractivity contribution >= 4 is 23.5 Å². The smallest absolute Gasteiger partial charge is 0.306 e. The number of aliphatic carboxylic acids is 1. The molecule has 2 fully saturated rings. The average molecular weight is 368 g/mol. The monoisotopic (exact) mass is 367 g/mol. The van der Waals surface area contributed by atoms with Crippen molar-refractivity contribution in [2.45, 2.75) is 30.8 Å². The van der Waals surface area contributed by atoms with E-state index < -0.39 is 17.5 Å². The normalized spacial score (nSPS) is 23.2. The van der Waals surface area contributed by atoms with E-state index in [1.54, 1.807) is 11.0 Å². The highest BCUT2D eigenvalue weighted by molar-refractivity contribution is 6.31. The van der Waals surface area contributed by atoms with Crippen LogP contribution < -0.4 is 0 Å². The number of morpholine rings is 1. The summed E-state index contributed by atoms with van der Waals surface area (Å²) < 4.78 is 11.0. The molecule has 0 radical (unpaired) electrons. The van der Waals surface area contributed by atoms with Crippen LogP contribution in [0.4, 0.5) is 0 Å². The number of rotatable bonds is 4. The topological polar surface area (TPSA) is 76.1 Å². The van der Waals surface area contributed by atoms with Crippen LogP contribution in [0.25, 0.3) is 0 Å². The molecule has 3 rings (SSSR count). The van der Waals surface area contributed by atoms with Crippen LogP contribution >= 0.6 is 11.6 Å². The Morgan fingerprint density at radius 2 is 1.96 bits per heavy atom. The van der Waals surface area contributed by atoms with Crippen molar-refractivity contribution in [3.05, 3.63) is 34.9 Å². The number of hydrogen-bond donors (Lipinski definition) is 1. The fourth-order valence-electron chi connectivity index (χ4n) is 3.69. The molecule has 0 bridgehead atoms.